The van der Waals surface area contributed by atoms with Gasteiger partial charge in [0.05, 0.1) is 12.2 Å². The lowest BCUT2D eigenvalue weighted by molar-refractivity contribution is -0.175. The average Bonchev–Trinajstić information content (AvgIpc) is 2.28. The quantitative estimate of drug-likeness (QED) is 0.451. The van der Waals surface area contributed by atoms with Crippen molar-refractivity contribution in [2.45, 2.75) is 6.18 Å². The first-order valence-electron chi connectivity index (χ1n) is 4.94. The summed E-state index contributed by atoms with van der Waals surface area (Å²) >= 11 is 0. The molecule has 0 saturated heterocycles. The van der Waals surface area contributed by atoms with E-state index in [1.807, 2.05) is 0 Å². The Bertz CT molecular complexity index is 404. The molecule has 0 amide bonds. The molecule has 7 heteroatoms. The molecule has 18 heavy (non-hydrogen) atoms. The molecule has 0 atom stereocenters. The molecule has 0 bridgehead atoms. The highest BCUT2D eigenvalue weighted by Gasteiger charge is 2.27. The van der Waals surface area contributed by atoms with Crippen molar-refractivity contribution in [3.05, 3.63) is 29.6 Å². The van der Waals surface area contributed by atoms with Crippen LogP contribution in [-0.2, 0) is 4.74 Å². The van der Waals surface area contributed by atoms with Crippen LogP contribution >= 0.6 is 0 Å². The summed E-state index contributed by atoms with van der Waals surface area (Å²) in [6, 6.07) is 3.28. The van der Waals surface area contributed by atoms with E-state index in [1.165, 1.54) is 6.07 Å². The molecule has 0 aliphatic carbocycles. The smallest absolute Gasteiger partial charge is 0.411 e. The number of ether oxygens (including phenoxy) is 2. The fourth-order valence-electron chi connectivity index (χ4n) is 1.14. The van der Waals surface area contributed by atoms with Gasteiger partial charge >= 0.3 is 6.18 Å². The zero-order valence-corrected chi connectivity index (χ0v) is 9.17. The topological polar surface area (TPSA) is 35.5 Å². The van der Waals surface area contributed by atoms with E-state index in [2.05, 4.69) is 4.74 Å². The molecule has 0 N–H and O–H groups in total. The molecule has 0 spiro atoms. The lowest BCUT2D eigenvalue weighted by Crippen LogP contribution is -2.19. The maximum absolute atomic E-state index is 12.7. The monoisotopic (exact) mass is 266 g/mol. The predicted molar refractivity (Wildman–Crippen MR) is 54.2 cm³/mol. The molecule has 0 fully saturated rings. The van der Waals surface area contributed by atoms with Gasteiger partial charge in [0.15, 0.2) is 6.29 Å². The second-order valence-electron chi connectivity index (χ2n) is 3.32. The van der Waals surface area contributed by atoms with Gasteiger partial charge in [0.25, 0.3) is 0 Å². The number of aldehydes is 1. The summed E-state index contributed by atoms with van der Waals surface area (Å²) in [6.07, 6.45) is -3.99. The van der Waals surface area contributed by atoms with E-state index in [4.69, 9.17) is 4.74 Å². The Kier molecular flexibility index (Phi) is 5.08. The fourth-order valence-corrected chi connectivity index (χ4v) is 1.14. The predicted octanol–water partition coefficient (Wildman–Crippen LogP) is 2.60. The van der Waals surface area contributed by atoms with E-state index in [9.17, 15) is 22.4 Å². The summed E-state index contributed by atoms with van der Waals surface area (Å²) in [7, 11) is 0. The Morgan fingerprint density at radius 2 is 1.94 bits per heavy atom. The van der Waals surface area contributed by atoms with Crippen molar-refractivity contribution in [1.82, 2.24) is 0 Å². The minimum absolute atomic E-state index is 0.00850. The molecule has 0 aliphatic heterocycles. The fraction of sp³-hybridized carbons (Fsp3) is 0.364. The third-order valence-corrected chi connectivity index (χ3v) is 1.85. The lowest BCUT2D eigenvalue weighted by Gasteiger charge is -2.10. The Hall–Kier alpha value is -1.63. The zero-order valence-electron chi connectivity index (χ0n) is 9.17. The van der Waals surface area contributed by atoms with E-state index < -0.39 is 18.6 Å². The van der Waals surface area contributed by atoms with Crippen LogP contribution in [0.1, 0.15) is 10.4 Å². The summed E-state index contributed by atoms with van der Waals surface area (Å²) in [5, 5.41) is 0. The average molecular weight is 266 g/mol. The van der Waals surface area contributed by atoms with Gasteiger partial charge in [-0.2, -0.15) is 13.2 Å². The number of benzene rings is 1. The molecule has 0 heterocycles. The SMILES string of the molecule is O=Cc1cc(F)ccc1OCCOCC(F)(F)F. The largest absolute Gasteiger partial charge is 0.490 e. The normalized spacial score (nSPS) is 11.3. The van der Waals surface area contributed by atoms with Crippen LogP contribution in [0.4, 0.5) is 17.6 Å². The van der Waals surface area contributed by atoms with Gasteiger partial charge < -0.3 is 9.47 Å². The van der Waals surface area contributed by atoms with Gasteiger partial charge in [0.2, 0.25) is 0 Å². The summed E-state index contributed by atoms with van der Waals surface area (Å²) in [5.74, 6) is -0.500. The van der Waals surface area contributed by atoms with E-state index in [0.29, 0.717) is 6.29 Å². The van der Waals surface area contributed by atoms with Crippen LogP contribution in [-0.4, -0.2) is 32.3 Å². The van der Waals surface area contributed by atoms with Crippen LogP contribution < -0.4 is 4.74 Å². The van der Waals surface area contributed by atoms with Gasteiger partial charge in [0.1, 0.15) is 24.8 Å². The van der Waals surface area contributed by atoms with Crippen molar-refractivity contribution in [3.8, 4) is 5.75 Å². The molecule has 0 unspecified atom stereocenters. The maximum Gasteiger partial charge on any atom is 0.411 e. The number of rotatable bonds is 6. The van der Waals surface area contributed by atoms with Crippen molar-refractivity contribution in [2.75, 3.05) is 19.8 Å². The van der Waals surface area contributed by atoms with E-state index in [1.54, 1.807) is 0 Å². The number of carbonyl (C=O) groups is 1. The first-order chi connectivity index (χ1) is 8.42. The van der Waals surface area contributed by atoms with Gasteiger partial charge in [-0.3, -0.25) is 4.79 Å². The number of carbonyl (C=O) groups excluding carboxylic acids is 1. The highest BCUT2D eigenvalue weighted by molar-refractivity contribution is 5.79. The highest BCUT2D eigenvalue weighted by atomic mass is 19.4. The van der Waals surface area contributed by atoms with Gasteiger partial charge in [-0.1, -0.05) is 0 Å². The standard InChI is InChI=1S/C11H10F4O3/c12-9-1-2-10(8(5-9)6-16)18-4-3-17-7-11(13,14)15/h1-2,5-6H,3-4,7H2. The van der Waals surface area contributed by atoms with Crippen LogP contribution in [0.3, 0.4) is 0 Å². The molecular weight excluding hydrogens is 256 g/mol. The van der Waals surface area contributed by atoms with E-state index in [0.717, 1.165) is 12.1 Å². The number of alkyl halides is 3. The second-order valence-corrected chi connectivity index (χ2v) is 3.32. The third-order valence-electron chi connectivity index (χ3n) is 1.85. The molecule has 0 aromatic heterocycles. The van der Waals surface area contributed by atoms with Crippen LogP contribution in [0, 0.1) is 5.82 Å². The van der Waals surface area contributed by atoms with Gasteiger partial charge in [-0.15, -0.1) is 0 Å². The summed E-state index contributed by atoms with van der Waals surface area (Å²) in [6.45, 7) is -1.81. The molecule has 3 nitrogen and oxygen atoms in total. The molecule has 1 aromatic rings. The van der Waals surface area contributed by atoms with Crippen molar-refractivity contribution in [1.29, 1.82) is 0 Å². The molecular formula is C11H10F4O3. The first kappa shape index (κ1) is 14.4. The van der Waals surface area contributed by atoms with Gasteiger partial charge in [-0.25, -0.2) is 4.39 Å². The van der Waals surface area contributed by atoms with Gasteiger partial charge in [0, 0.05) is 0 Å². The van der Waals surface area contributed by atoms with Crippen molar-refractivity contribution in [2.24, 2.45) is 0 Å². The minimum Gasteiger partial charge on any atom is -0.490 e. The van der Waals surface area contributed by atoms with Crippen molar-refractivity contribution >= 4 is 6.29 Å². The second kappa shape index (κ2) is 6.34. The summed E-state index contributed by atoms with van der Waals surface area (Å²) in [4.78, 5) is 10.6. The Balaban J connectivity index is 2.38. The molecule has 100 valence electrons. The molecule has 0 saturated carbocycles. The molecule has 1 aromatic carbocycles. The Morgan fingerprint density at radius 3 is 2.56 bits per heavy atom. The zero-order chi connectivity index (χ0) is 13.6. The maximum atomic E-state index is 12.7. The summed E-state index contributed by atoms with van der Waals surface area (Å²) in [5.41, 5.74) is -0.00850. The third kappa shape index (κ3) is 5.13. The van der Waals surface area contributed by atoms with Crippen LogP contribution in [0.5, 0.6) is 5.75 Å². The van der Waals surface area contributed by atoms with E-state index >= 15 is 0 Å². The molecule has 0 aliphatic rings. The molecule has 0 radical (unpaired) electrons. The first-order valence-corrected chi connectivity index (χ1v) is 4.94. The summed E-state index contributed by atoms with van der Waals surface area (Å²) < 4.78 is 57.2. The number of halogens is 4. The minimum atomic E-state index is -4.39. The highest BCUT2D eigenvalue weighted by Crippen LogP contribution is 2.18. The lowest BCUT2D eigenvalue weighted by atomic mass is 10.2. The van der Waals surface area contributed by atoms with Crippen molar-refractivity contribution < 1.29 is 31.8 Å². The van der Waals surface area contributed by atoms with Crippen LogP contribution in [0.25, 0.3) is 0 Å². The molecule has 1 rings (SSSR count). The van der Waals surface area contributed by atoms with E-state index in [-0.39, 0.29) is 24.5 Å². The number of hydrogen-bond donors (Lipinski definition) is 0. The van der Waals surface area contributed by atoms with Gasteiger partial charge in [-0.05, 0) is 18.2 Å². The van der Waals surface area contributed by atoms with Crippen LogP contribution in [0.2, 0.25) is 0 Å². The number of hydrogen-bond acceptors (Lipinski definition) is 3. The van der Waals surface area contributed by atoms with Crippen molar-refractivity contribution in [3.63, 3.8) is 0 Å². The Morgan fingerprint density at radius 1 is 1.22 bits per heavy atom. The van der Waals surface area contributed by atoms with Crippen LogP contribution in [0.15, 0.2) is 18.2 Å². The Labute approximate surface area is 100 Å².